The largest absolute Gasteiger partial charge is 0.341 e. The molecule has 0 aliphatic rings. The molecule has 0 radical (unpaired) electrons. The van der Waals surface area contributed by atoms with Gasteiger partial charge in [-0.2, -0.15) is 0 Å². The predicted molar refractivity (Wildman–Crippen MR) is 115 cm³/mol. The monoisotopic (exact) mass is 366 g/mol. The number of allylic oxidation sites excluding steroid dienone is 2. The van der Waals surface area contributed by atoms with E-state index in [0.29, 0.717) is 6.42 Å². The highest BCUT2D eigenvalue weighted by Gasteiger charge is 2.11. The highest BCUT2D eigenvalue weighted by molar-refractivity contribution is 5.76. The van der Waals surface area contributed by atoms with E-state index in [2.05, 4.69) is 36.2 Å². The van der Waals surface area contributed by atoms with Crippen molar-refractivity contribution in [2.75, 3.05) is 14.1 Å². The van der Waals surface area contributed by atoms with Gasteiger partial charge in [0.1, 0.15) is 0 Å². The lowest BCUT2D eigenvalue weighted by Gasteiger charge is -2.23. The molecule has 3 heteroatoms. The fourth-order valence-electron chi connectivity index (χ4n) is 3.21. The van der Waals surface area contributed by atoms with E-state index in [0.717, 1.165) is 12.8 Å². The standard InChI is InChI=1S/C23H46N2O/c1-5-7-8-9-10-11-12-13-14-15-16-17-18-19-20-21-23(26)24-22(6-2)25(3)4/h13-14,22H,5-12,15-21H2,1-4H3,(H,24,26)/b14-13-. The van der Waals surface area contributed by atoms with Crippen LogP contribution in [-0.4, -0.2) is 31.1 Å². The summed E-state index contributed by atoms with van der Waals surface area (Å²) in [4.78, 5) is 14.0. The third-order valence-electron chi connectivity index (χ3n) is 5.00. The molecule has 0 aromatic heterocycles. The first-order valence-corrected chi connectivity index (χ1v) is 11.2. The van der Waals surface area contributed by atoms with Crippen LogP contribution in [0.15, 0.2) is 12.2 Å². The van der Waals surface area contributed by atoms with Crippen LogP contribution in [0.1, 0.15) is 110 Å². The van der Waals surface area contributed by atoms with Gasteiger partial charge in [0, 0.05) is 6.42 Å². The summed E-state index contributed by atoms with van der Waals surface area (Å²) >= 11 is 0. The summed E-state index contributed by atoms with van der Waals surface area (Å²) in [5.41, 5.74) is 0. The average molecular weight is 367 g/mol. The lowest BCUT2D eigenvalue weighted by Crippen LogP contribution is -2.44. The molecule has 154 valence electrons. The van der Waals surface area contributed by atoms with E-state index in [9.17, 15) is 4.79 Å². The Balaban J connectivity index is 3.35. The second-order valence-corrected chi connectivity index (χ2v) is 7.79. The summed E-state index contributed by atoms with van der Waals surface area (Å²) in [6.07, 6.45) is 23.3. The minimum atomic E-state index is 0.172. The van der Waals surface area contributed by atoms with Gasteiger partial charge in [0.15, 0.2) is 0 Å². The van der Waals surface area contributed by atoms with Crippen LogP contribution in [-0.2, 0) is 4.79 Å². The lowest BCUT2D eigenvalue weighted by atomic mass is 10.1. The van der Waals surface area contributed by atoms with Crippen LogP contribution in [0, 0.1) is 0 Å². The fraction of sp³-hybridized carbons (Fsp3) is 0.870. The predicted octanol–water partition coefficient (Wildman–Crippen LogP) is 6.44. The van der Waals surface area contributed by atoms with E-state index in [-0.39, 0.29) is 12.1 Å². The molecule has 1 atom stereocenters. The summed E-state index contributed by atoms with van der Waals surface area (Å²) in [5, 5.41) is 3.09. The van der Waals surface area contributed by atoms with Gasteiger partial charge < -0.3 is 5.32 Å². The van der Waals surface area contributed by atoms with Crippen molar-refractivity contribution in [2.24, 2.45) is 0 Å². The van der Waals surface area contributed by atoms with Crippen LogP contribution >= 0.6 is 0 Å². The normalized spacial score (nSPS) is 12.8. The molecule has 0 heterocycles. The molecule has 0 saturated carbocycles. The number of carbonyl (C=O) groups is 1. The highest BCUT2D eigenvalue weighted by Crippen LogP contribution is 2.10. The van der Waals surface area contributed by atoms with Crippen molar-refractivity contribution in [2.45, 2.75) is 116 Å². The zero-order valence-electron chi connectivity index (χ0n) is 18.2. The average Bonchev–Trinajstić information content (AvgIpc) is 2.62. The van der Waals surface area contributed by atoms with Crippen LogP contribution in [0.5, 0.6) is 0 Å². The maximum absolute atomic E-state index is 11.9. The number of hydrogen-bond donors (Lipinski definition) is 1. The van der Waals surface area contributed by atoms with Gasteiger partial charge in [-0.15, -0.1) is 0 Å². The molecule has 1 unspecified atom stereocenters. The van der Waals surface area contributed by atoms with E-state index >= 15 is 0 Å². The summed E-state index contributed by atoms with van der Waals surface area (Å²) in [6, 6.07) is 0. The first-order valence-electron chi connectivity index (χ1n) is 11.2. The number of carbonyl (C=O) groups excluding carboxylic acids is 1. The van der Waals surface area contributed by atoms with E-state index < -0.39 is 0 Å². The molecule has 0 fully saturated rings. The van der Waals surface area contributed by atoms with Crippen molar-refractivity contribution in [1.82, 2.24) is 10.2 Å². The Morgan fingerprint density at radius 2 is 1.31 bits per heavy atom. The molecule has 0 aliphatic heterocycles. The van der Waals surface area contributed by atoms with Gasteiger partial charge >= 0.3 is 0 Å². The molecule has 0 saturated heterocycles. The zero-order chi connectivity index (χ0) is 19.5. The molecule has 3 nitrogen and oxygen atoms in total. The van der Waals surface area contributed by atoms with Crippen molar-refractivity contribution in [3.8, 4) is 0 Å². The van der Waals surface area contributed by atoms with Gasteiger partial charge in [-0.3, -0.25) is 9.69 Å². The van der Waals surface area contributed by atoms with Crippen LogP contribution in [0.4, 0.5) is 0 Å². The van der Waals surface area contributed by atoms with E-state index in [1.165, 1.54) is 77.0 Å². The Bertz CT molecular complexity index is 339. The Morgan fingerprint density at radius 1 is 0.808 bits per heavy atom. The van der Waals surface area contributed by atoms with Crippen molar-refractivity contribution >= 4 is 5.91 Å². The summed E-state index contributed by atoms with van der Waals surface area (Å²) < 4.78 is 0. The number of amides is 1. The summed E-state index contributed by atoms with van der Waals surface area (Å²) in [7, 11) is 4.02. The number of hydrogen-bond acceptors (Lipinski definition) is 2. The van der Waals surface area contributed by atoms with Crippen molar-refractivity contribution in [1.29, 1.82) is 0 Å². The number of unbranched alkanes of at least 4 members (excludes halogenated alkanes) is 11. The first kappa shape index (κ1) is 25.2. The Kier molecular flexibility index (Phi) is 18.3. The second kappa shape index (κ2) is 18.9. The van der Waals surface area contributed by atoms with Crippen LogP contribution in [0.25, 0.3) is 0 Å². The van der Waals surface area contributed by atoms with E-state index in [1.54, 1.807) is 0 Å². The Morgan fingerprint density at radius 3 is 1.81 bits per heavy atom. The van der Waals surface area contributed by atoms with Gasteiger partial charge in [-0.1, -0.05) is 77.4 Å². The van der Waals surface area contributed by atoms with Crippen LogP contribution < -0.4 is 5.32 Å². The maximum atomic E-state index is 11.9. The maximum Gasteiger partial charge on any atom is 0.221 e. The third kappa shape index (κ3) is 16.6. The topological polar surface area (TPSA) is 32.3 Å². The van der Waals surface area contributed by atoms with Crippen molar-refractivity contribution < 1.29 is 4.79 Å². The summed E-state index contributed by atoms with van der Waals surface area (Å²) in [5.74, 6) is 0.197. The minimum absolute atomic E-state index is 0.172. The van der Waals surface area contributed by atoms with Gasteiger partial charge in [-0.25, -0.2) is 0 Å². The van der Waals surface area contributed by atoms with Gasteiger partial charge in [0.2, 0.25) is 5.91 Å². The molecular formula is C23H46N2O. The number of rotatable bonds is 18. The second-order valence-electron chi connectivity index (χ2n) is 7.79. The first-order chi connectivity index (χ1) is 12.6. The van der Waals surface area contributed by atoms with E-state index in [4.69, 9.17) is 0 Å². The lowest BCUT2D eigenvalue weighted by molar-refractivity contribution is -0.123. The molecular weight excluding hydrogens is 320 g/mol. The number of nitrogens with one attached hydrogen (secondary N) is 1. The molecule has 0 bridgehead atoms. The van der Waals surface area contributed by atoms with Crippen LogP contribution in [0.3, 0.4) is 0 Å². The molecule has 0 aromatic carbocycles. The number of nitrogens with zero attached hydrogens (tertiary/aromatic N) is 1. The Labute approximate surface area is 164 Å². The minimum Gasteiger partial charge on any atom is -0.341 e. The Hall–Kier alpha value is -0.830. The third-order valence-corrected chi connectivity index (χ3v) is 5.00. The fourth-order valence-corrected chi connectivity index (χ4v) is 3.21. The molecule has 1 N–H and O–H groups in total. The van der Waals surface area contributed by atoms with Crippen molar-refractivity contribution in [3.05, 3.63) is 12.2 Å². The molecule has 0 spiro atoms. The smallest absolute Gasteiger partial charge is 0.221 e. The molecule has 1 amide bonds. The summed E-state index contributed by atoms with van der Waals surface area (Å²) in [6.45, 7) is 4.38. The van der Waals surface area contributed by atoms with Crippen LogP contribution in [0.2, 0.25) is 0 Å². The van der Waals surface area contributed by atoms with Gasteiger partial charge in [0.05, 0.1) is 6.17 Å². The van der Waals surface area contributed by atoms with Crippen molar-refractivity contribution in [3.63, 3.8) is 0 Å². The quantitative estimate of drug-likeness (QED) is 0.172. The van der Waals surface area contributed by atoms with Gasteiger partial charge in [-0.05, 0) is 52.6 Å². The molecule has 0 aliphatic carbocycles. The zero-order valence-corrected chi connectivity index (χ0v) is 18.2. The molecule has 26 heavy (non-hydrogen) atoms. The highest BCUT2D eigenvalue weighted by atomic mass is 16.1. The molecule has 0 rings (SSSR count). The molecule has 0 aromatic rings. The van der Waals surface area contributed by atoms with Gasteiger partial charge in [0.25, 0.3) is 0 Å². The van der Waals surface area contributed by atoms with E-state index in [1.807, 2.05) is 14.1 Å². The SMILES string of the molecule is CCCCCCCC/C=C\CCCCCCCC(=O)NC(CC)N(C)C.